The lowest BCUT2D eigenvalue weighted by Gasteiger charge is -2.36. The Morgan fingerprint density at radius 1 is 1.14 bits per heavy atom. The van der Waals surface area contributed by atoms with Crippen molar-refractivity contribution in [2.75, 3.05) is 43.1 Å². The fraction of sp³-hybridized carbons (Fsp3) is 0.467. The summed E-state index contributed by atoms with van der Waals surface area (Å²) in [6.07, 6.45) is 0. The normalized spacial score (nSPS) is 15.5. The fourth-order valence-electron chi connectivity index (χ4n) is 2.62. The van der Waals surface area contributed by atoms with Crippen LogP contribution in [0.5, 0.6) is 0 Å². The van der Waals surface area contributed by atoms with E-state index in [-0.39, 0.29) is 0 Å². The summed E-state index contributed by atoms with van der Waals surface area (Å²) in [7, 11) is 1.67. The number of nitrogens with zero attached hydrogens (tertiary/aromatic N) is 4. The summed E-state index contributed by atoms with van der Waals surface area (Å²) in [5, 5.41) is 1.01. The molecule has 0 atom stereocenters. The second-order valence-electron chi connectivity index (χ2n) is 5.19. The molecule has 0 spiro atoms. The third-order valence-electron chi connectivity index (χ3n) is 3.74. The fourth-order valence-corrected chi connectivity index (χ4v) is 3.34. The number of methoxy groups -OCH3 is 1. The Kier molecular flexibility index (Phi) is 4.36. The molecule has 0 unspecified atom stereocenters. The maximum Gasteiger partial charge on any atom is 0.205 e. The molecule has 2 aromatic rings. The molecule has 21 heavy (non-hydrogen) atoms. The van der Waals surface area contributed by atoms with Crippen LogP contribution in [0.4, 0.5) is 10.8 Å². The number of anilines is 2. The number of hydrogen-bond donors (Lipinski definition) is 0. The number of hydrogen-bond acceptors (Lipinski definition) is 6. The van der Waals surface area contributed by atoms with Gasteiger partial charge in [0, 0.05) is 50.5 Å². The van der Waals surface area contributed by atoms with Crippen LogP contribution in [0.1, 0.15) is 11.4 Å². The highest BCUT2D eigenvalue weighted by molar-refractivity contribution is 7.09. The zero-order chi connectivity index (χ0) is 14.7. The van der Waals surface area contributed by atoms with Crippen LogP contribution in [0.15, 0.2) is 24.3 Å². The maximum absolute atomic E-state index is 5.07. The van der Waals surface area contributed by atoms with Crippen molar-refractivity contribution >= 4 is 22.4 Å². The third-order valence-corrected chi connectivity index (χ3v) is 4.55. The predicted molar refractivity (Wildman–Crippen MR) is 86.2 cm³/mol. The summed E-state index contributed by atoms with van der Waals surface area (Å²) in [6.45, 7) is 6.66. The molecule has 0 saturated carbocycles. The summed E-state index contributed by atoms with van der Waals surface area (Å²) in [5.41, 5.74) is 2.68. The number of para-hydroxylation sites is 1. The van der Waals surface area contributed by atoms with E-state index in [0.29, 0.717) is 6.61 Å². The average Bonchev–Trinajstić information content (AvgIpc) is 2.97. The van der Waals surface area contributed by atoms with Crippen LogP contribution in [0.25, 0.3) is 0 Å². The predicted octanol–water partition coefficient (Wildman–Crippen LogP) is 2.32. The van der Waals surface area contributed by atoms with Crippen LogP contribution >= 0.6 is 11.5 Å². The highest BCUT2D eigenvalue weighted by Gasteiger charge is 2.20. The quantitative estimate of drug-likeness (QED) is 0.867. The van der Waals surface area contributed by atoms with E-state index in [1.807, 2.05) is 0 Å². The Bertz CT molecular complexity index is 593. The number of piperazine rings is 1. The minimum atomic E-state index is 0.486. The van der Waals surface area contributed by atoms with Crippen LogP contribution in [-0.4, -0.2) is 42.6 Å². The van der Waals surface area contributed by atoms with Gasteiger partial charge in [-0.25, -0.2) is 4.98 Å². The number of rotatable bonds is 4. The Hall–Kier alpha value is -1.66. The van der Waals surface area contributed by atoms with Gasteiger partial charge in [0.1, 0.15) is 6.61 Å². The van der Waals surface area contributed by atoms with Crippen LogP contribution in [0.2, 0.25) is 0 Å². The van der Waals surface area contributed by atoms with Crippen molar-refractivity contribution in [3.05, 3.63) is 35.7 Å². The maximum atomic E-state index is 5.07. The van der Waals surface area contributed by atoms with E-state index in [1.54, 1.807) is 7.11 Å². The zero-order valence-corrected chi connectivity index (χ0v) is 13.3. The molecular formula is C15H20N4OS. The van der Waals surface area contributed by atoms with Gasteiger partial charge in [-0.05, 0) is 18.6 Å². The molecule has 0 aliphatic carbocycles. The van der Waals surface area contributed by atoms with Gasteiger partial charge in [0.2, 0.25) is 5.13 Å². The Morgan fingerprint density at radius 2 is 1.86 bits per heavy atom. The number of ether oxygens (including phenoxy) is 1. The molecule has 5 nitrogen and oxygen atoms in total. The molecule has 112 valence electrons. The first-order chi connectivity index (χ1) is 10.3. The summed E-state index contributed by atoms with van der Waals surface area (Å²) < 4.78 is 9.39. The molecule has 1 aromatic heterocycles. The lowest BCUT2D eigenvalue weighted by Crippen LogP contribution is -2.46. The SMILES string of the molecule is COCc1nsc(N2CCN(c3ccccc3C)CC2)n1. The van der Waals surface area contributed by atoms with Crippen LogP contribution in [-0.2, 0) is 11.3 Å². The molecule has 0 radical (unpaired) electrons. The van der Waals surface area contributed by atoms with Gasteiger partial charge in [0.25, 0.3) is 0 Å². The minimum absolute atomic E-state index is 0.486. The largest absolute Gasteiger partial charge is 0.377 e. The van der Waals surface area contributed by atoms with Gasteiger partial charge in [0.05, 0.1) is 0 Å². The van der Waals surface area contributed by atoms with Crippen molar-refractivity contribution in [3.8, 4) is 0 Å². The molecule has 0 N–H and O–H groups in total. The van der Waals surface area contributed by atoms with Crippen molar-refractivity contribution in [1.29, 1.82) is 0 Å². The highest BCUT2D eigenvalue weighted by Crippen LogP contribution is 2.24. The molecule has 0 amide bonds. The van der Waals surface area contributed by atoms with Crippen molar-refractivity contribution in [2.45, 2.75) is 13.5 Å². The van der Waals surface area contributed by atoms with Crippen molar-refractivity contribution < 1.29 is 4.74 Å². The second kappa shape index (κ2) is 6.41. The monoisotopic (exact) mass is 304 g/mol. The van der Waals surface area contributed by atoms with Crippen LogP contribution < -0.4 is 9.80 Å². The molecule has 1 saturated heterocycles. The molecule has 3 rings (SSSR count). The standard InChI is InChI=1S/C15H20N4OS/c1-12-5-3-4-6-13(12)18-7-9-19(10-8-18)15-16-14(11-20-2)17-21-15/h3-6H,7-11H2,1-2H3. The van der Waals surface area contributed by atoms with E-state index in [2.05, 4.69) is 50.3 Å². The molecule has 1 aliphatic heterocycles. The summed E-state index contributed by atoms with van der Waals surface area (Å²) >= 11 is 1.46. The number of aromatic nitrogens is 2. The molecule has 6 heteroatoms. The van der Waals surface area contributed by atoms with Gasteiger partial charge in [-0.15, -0.1) is 0 Å². The average molecular weight is 304 g/mol. The molecule has 2 heterocycles. The topological polar surface area (TPSA) is 41.5 Å². The lowest BCUT2D eigenvalue weighted by atomic mass is 10.1. The van der Waals surface area contributed by atoms with Gasteiger partial charge in [-0.1, -0.05) is 18.2 Å². The first-order valence-corrected chi connectivity index (χ1v) is 7.92. The number of benzene rings is 1. The van der Waals surface area contributed by atoms with E-state index >= 15 is 0 Å². The highest BCUT2D eigenvalue weighted by atomic mass is 32.1. The molecular weight excluding hydrogens is 284 g/mol. The Labute approximate surface area is 129 Å². The van der Waals surface area contributed by atoms with Gasteiger partial charge < -0.3 is 14.5 Å². The van der Waals surface area contributed by atoms with Crippen molar-refractivity contribution in [3.63, 3.8) is 0 Å². The summed E-state index contributed by atoms with van der Waals surface area (Å²) in [6, 6.07) is 8.57. The molecule has 1 fully saturated rings. The van der Waals surface area contributed by atoms with E-state index in [9.17, 15) is 0 Å². The van der Waals surface area contributed by atoms with E-state index in [4.69, 9.17) is 4.74 Å². The lowest BCUT2D eigenvalue weighted by molar-refractivity contribution is 0.179. The number of aryl methyl sites for hydroxylation is 1. The second-order valence-corrected chi connectivity index (χ2v) is 5.92. The third kappa shape index (κ3) is 3.16. The zero-order valence-electron chi connectivity index (χ0n) is 12.5. The van der Waals surface area contributed by atoms with Crippen molar-refractivity contribution in [1.82, 2.24) is 9.36 Å². The van der Waals surface area contributed by atoms with Gasteiger partial charge in [-0.2, -0.15) is 4.37 Å². The van der Waals surface area contributed by atoms with Gasteiger partial charge in [0.15, 0.2) is 5.82 Å². The van der Waals surface area contributed by atoms with E-state index < -0.39 is 0 Å². The first-order valence-electron chi connectivity index (χ1n) is 7.15. The molecule has 1 aliphatic rings. The Balaban J connectivity index is 1.63. The van der Waals surface area contributed by atoms with Crippen LogP contribution in [0, 0.1) is 6.92 Å². The van der Waals surface area contributed by atoms with Crippen molar-refractivity contribution in [2.24, 2.45) is 0 Å². The smallest absolute Gasteiger partial charge is 0.205 e. The summed E-state index contributed by atoms with van der Waals surface area (Å²) in [5.74, 6) is 0.777. The van der Waals surface area contributed by atoms with Gasteiger partial charge in [-0.3, -0.25) is 0 Å². The van der Waals surface area contributed by atoms with E-state index in [1.165, 1.54) is 22.8 Å². The minimum Gasteiger partial charge on any atom is -0.377 e. The van der Waals surface area contributed by atoms with Crippen LogP contribution in [0.3, 0.4) is 0 Å². The van der Waals surface area contributed by atoms with Gasteiger partial charge >= 0.3 is 0 Å². The first kappa shape index (κ1) is 14.3. The van der Waals surface area contributed by atoms with E-state index in [0.717, 1.165) is 37.1 Å². The molecule has 1 aromatic carbocycles. The molecule has 0 bridgehead atoms. The summed E-state index contributed by atoms with van der Waals surface area (Å²) in [4.78, 5) is 9.29. The Morgan fingerprint density at radius 3 is 2.57 bits per heavy atom.